The molecule has 0 fully saturated rings. The summed E-state index contributed by atoms with van der Waals surface area (Å²) in [7, 11) is 1.63. The molecule has 1 rings (SSSR count). The van der Waals surface area contributed by atoms with E-state index < -0.39 is 11.2 Å². The molecule has 6 heteroatoms. The number of ether oxygens (including phenoxy) is 3. The molecule has 0 aromatic heterocycles. The van der Waals surface area contributed by atoms with E-state index >= 15 is 0 Å². The highest BCUT2D eigenvalue weighted by atomic mass is 16.7. The van der Waals surface area contributed by atoms with Crippen LogP contribution in [0.4, 0.5) is 0 Å². The lowest BCUT2D eigenvalue weighted by Gasteiger charge is -2.37. The second kappa shape index (κ2) is 9.42. The zero-order chi connectivity index (χ0) is 18.2. The molecule has 0 heterocycles. The van der Waals surface area contributed by atoms with Crippen molar-refractivity contribution >= 4 is 12.9 Å². The molecular weight excluding hydrogens is 307 g/mol. The van der Waals surface area contributed by atoms with E-state index in [4.69, 9.17) is 18.9 Å². The van der Waals surface area contributed by atoms with Gasteiger partial charge >= 0.3 is 7.48 Å². The fourth-order valence-electron chi connectivity index (χ4n) is 1.72. The molecule has 0 spiro atoms. The lowest BCUT2D eigenvalue weighted by atomic mass is 9.82. The lowest BCUT2D eigenvalue weighted by Crippen LogP contribution is -2.49. The Morgan fingerprint density at radius 2 is 1.71 bits per heavy atom. The first-order valence-electron chi connectivity index (χ1n) is 8.39. The molecule has 0 unspecified atom stereocenters. The maximum Gasteiger partial charge on any atom is 0.331 e. The number of benzene rings is 1. The summed E-state index contributed by atoms with van der Waals surface area (Å²) in [6, 6.07) is 7.54. The van der Waals surface area contributed by atoms with Gasteiger partial charge in [0, 0.05) is 13.2 Å². The Kier molecular flexibility index (Phi) is 8.23. The van der Waals surface area contributed by atoms with Crippen LogP contribution < -0.4 is 10.2 Å². The molecule has 5 nitrogen and oxygen atoms in total. The Labute approximate surface area is 146 Å². The Morgan fingerprint density at radius 1 is 1.08 bits per heavy atom. The molecule has 135 valence electrons. The monoisotopic (exact) mass is 337 g/mol. The van der Waals surface area contributed by atoms with Gasteiger partial charge in [-0.25, -0.2) is 0 Å². The van der Waals surface area contributed by atoms with Crippen molar-refractivity contribution in [2.24, 2.45) is 0 Å². The normalized spacial score (nSPS) is 12.5. The standard InChI is InChI=1S/C18H30BO5/c1-7-21-16(22-8-2)13-23-15-11-9-10-14(12-15)19-24-18(5,6)17(3,4)20/h9-12,16,20H,7-8,13H2,1-6H3. The Bertz CT molecular complexity index is 479. The average Bonchev–Trinajstić information content (AvgIpc) is 2.50. The van der Waals surface area contributed by atoms with Gasteiger partial charge in [0.1, 0.15) is 12.4 Å². The molecule has 0 atom stereocenters. The van der Waals surface area contributed by atoms with Gasteiger partial charge in [-0.3, -0.25) is 0 Å². The molecule has 0 bridgehead atoms. The number of rotatable bonds is 11. The van der Waals surface area contributed by atoms with Crippen LogP contribution in [0.25, 0.3) is 0 Å². The number of aliphatic hydroxyl groups is 1. The summed E-state index contributed by atoms with van der Waals surface area (Å²) in [5.41, 5.74) is -0.812. The summed E-state index contributed by atoms with van der Waals surface area (Å²) in [6.07, 6.45) is -0.377. The summed E-state index contributed by atoms with van der Waals surface area (Å²) >= 11 is 0. The molecule has 0 aliphatic rings. The van der Waals surface area contributed by atoms with Crippen LogP contribution in [0, 0.1) is 0 Å². The van der Waals surface area contributed by atoms with E-state index in [0.717, 1.165) is 5.46 Å². The van der Waals surface area contributed by atoms with Gasteiger partial charge in [-0.1, -0.05) is 12.1 Å². The minimum Gasteiger partial charge on any atom is -0.488 e. The first kappa shape index (κ1) is 21.0. The Hall–Kier alpha value is -1.08. The largest absolute Gasteiger partial charge is 0.488 e. The second-order valence-electron chi connectivity index (χ2n) is 6.53. The topological polar surface area (TPSA) is 57.2 Å². The van der Waals surface area contributed by atoms with E-state index in [1.165, 1.54) is 0 Å². The molecule has 0 aliphatic heterocycles. The van der Waals surface area contributed by atoms with Crippen molar-refractivity contribution < 1.29 is 24.0 Å². The van der Waals surface area contributed by atoms with Crippen LogP contribution in [0.1, 0.15) is 41.5 Å². The molecule has 0 saturated heterocycles. The lowest BCUT2D eigenvalue weighted by molar-refractivity contribution is -0.152. The maximum atomic E-state index is 10.1. The average molecular weight is 337 g/mol. The van der Waals surface area contributed by atoms with Gasteiger partial charge in [0.2, 0.25) is 0 Å². The molecule has 1 aromatic carbocycles. The van der Waals surface area contributed by atoms with Crippen molar-refractivity contribution in [2.75, 3.05) is 19.8 Å². The molecule has 0 saturated carbocycles. The summed E-state index contributed by atoms with van der Waals surface area (Å²) in [6.45, 7) is 12.4. The third-order valence-electron chi connectivity index (χ3n) is 3.91. The first-order chi connectivity index (χ1) is 11.2. The summed E-state index contributed by atoms with van der Waals surface area (Å²) in [4.78, 5) is 0. The number of hydrogen-bond acceptors (Lipinski definition) is 5. The van der Waals surface area contributed by atoms with E-state index in [2.05, 4.69) is 0 Å². The van der Waals surface area contributed by atoms with E-state index in [9.17, 15) is 5.11 Å². The van der Waals surface area contributed by atoms with Gasteiger partial charge in [-0.05, 0) is 59.1 Å². The van der Waals surface area contributed by atoms with Gasteiger partial charge in [0.25, 0.3) is 0 Å². The van der Waals surface area contributed by atoms with E-state index in [1.807, 2.05) is 52.0 Å². The van der Waals surface area contributed by atoms with Crippen LogP contribution in [-0.2, 0) is 14.1 Å². The van der Waals surface area contributed by atoms with Gasteiger partial charge in [0.05, 0.1) is 11.2 Å². The van der Waals surface area contributed by atoms with Gasteiger partial charge in [-0.2, -0.15) is 0 Å². The molecule has 0 amide bonds. The minimum atomic E-state index is -0.959. The Balaban J connectivity index is 2.60. The first-order valence-corrected chi connectivity index (χ1v) is 8.39. The van der Waals surface area contributed by atoms with Crippen molar-refractivity contribution in [1.29, 1.82) is 0 Å². The molecule has 1 aromatic rings. The molecular formula is C18H30BO5. The molecule has 1 N–H and O–H groups in total. The van der Waals surface area contributed by atoms with Gasteiger partial charge in [-0.15, -0.1) is 0 Å². The smallest absolute Gasteiger partial charge is 0.331 e. The highest BCUT2D eigenvalue weighted by Gasteiger charge is 2.35. The SMILES string of the molecule is CCOC(COc1cccc([B]OC(C)(C)C(C)(C)O)c1)OCC. The third kappa shape index (κ3) is 6.81. The summed E-state index contributed by atoms with van der Waals surface area (Å²) < 4.78 is 22.4. The zero-order valence-electron chi connectivity index (χ0n) is 15.7. The molecule has 1 radical (unpaired) electrons. The van der Waals surface area contributed by atoms with E-state index in [1.54, 1.807) is 21.3 Å². The van der Waals surface area contributed by atoms with Crippen molar-refractivity contribution in [1.82, 2.24) is 0 Å². The zero-order valence-corrected chi connectivity index (χ0v) is 15.7. The van der Waals surface area contributed by atoms with Crippen molar-refractivity contribution in [3.8, 4) is 5.75 Å². The van der Waals surface area contributed by atoms with E-state index in [0.29, 0.717) is 25.6 Å². The van der Waals surface area contributed by atoms with Crippen LogP contribution in [-0.4, -0.2) is 49.9 Å². The van der Waals surface area contributed by atoms with E-state index in [-0.39, 0.29) is 6.29 Å². The molecule has 24 heavy (non-hydrogen) atoms. The highest BCUT2D eigenvalue weighted by molar-refractivity contribution is 6.47. The predicted octanol–water partition coefficient (Wildman–Crippen LogP) is 2.28. The number of hydrogen-bond donors (Lipinski definition) is 1. The van der Waals surface area contributed by atoms with Crippen molar-refractivity contribution in [3.05, 3.63) is 24.3 Å². The molecule has 0 aliphatic carbocycles. The van der Waals surface area contributed by atoms with Gasteiger partial charge < -0.3 is 24.0 Å². The summed E-state index contributed by atoms with van der Waals surface area (Å²) in [5, 5.41) is 10.1. The van der Waals surface area contributed by atoms with Crippen molar-refractivity contribution in [3.63, 3.8) is 0 Å². The van der Waals surface area contributed by atoms with Gasteiger partial charge in [0.15, 0.2) is 6.29 Å². The van der Waals surface area contributed by atoms with Crippen LogP contribution >= 0.6 is 0 Å². The minimum absolute atomic E-state index is 0.321. The quantitative estimate of drug-likeness (QED) is 0.496. The highest BCUT2D eigenvalue weighted by Crippen LogP contribution is 2.24. The van der Waals surface area contributed by atoms with Crippen LogP contribution in [0.2, 0.25) is 0 Å². The predicted molar refractivity (Wildman–Crippen MR) is 95.8 cm³/mol. The van der Waals surface area contributed by atoms with Crippen LogP contribution in [0.15, 0.2) is 24.3 Å². The fraction of sp³-hybridized carbons (Fsp3) is 0.667. The maximum absolute atomic E-state index is 10.1. The van der Waals surface area contributed by atoms with Crippen LogP contribution in [0.5, 0.6) is 5.75 Å². The van der Waals surface area contributed by atoms with Crippen molar-refractivity contribution in [2.45, 2.75) is 59.0 Å². The second-order valence-corrected chi connectivity index (χ2v) is 6.53. The summed E-state index contributed by atoms with van der Waals surface area (Å²) in [5.74, 6) is 0.706. The third-order valence-corrected chi connectivity index (χ3v) is 3.91. The van der Waals surface area contributed by atoms with Crippen LogP contribution in [0.3, 0.4) is 0 Å². The Morgan fingerprint density at radius 3 is 2.25 bits per heavy atom. The fourth-order valence-corrected chi connectivity index (χ4v) is 1.72.